The van der Waals surface area contributed by atoms with Gasteiger partial charge >= 0.3 is 6.09 Å². The Morgan fingerprint density at radius 3 is 2.50 bits per heavy atom. The van der Waals surface area contributed by atoms with E-state index in [-0.39, 0.29) is 17.9 Å². The Balaban J connectivity index is 2.40. The van der Waals surface area contributed by atoms with E-state index in [4.69, 9.17) is 4.74 Å². The van der Waals surface area contributed by atoms with Crippen molar-refractivity contribution >= 4 is 28.7 Å². The highest BCUT2D eigenvalue weighted by molar-refractivity contribution is 6.14. The van der Waals surface area contributed by atoms with Crippen molar-refractivity contribution in [3.05, 3.63) is 54.0 Å². The molecule has 0 fully saturated rings. The van der Waals surface area contributed by atoms with Gasteiger partial charge in [-0.05, 0) is 65.0 Å². The minimum absolute atomic E-state index is 0.201. The predicted octanol–water partition coefficient (Wildman–Crippen LogP) is 4.95. The molecule has 7 nitrogen and oxygen atoms in total. The molecule has 168 valence electrons. The smallest absolute Gasteiger partial charge is 0.416 e. The lowest BCUT2D eigenvalue weighted by molar-refractivity contribution is 0.0581. The molecule has 0 spiro atoms. The highest BCUT2D eigenvalue weighted by atomic mass is 19.1. The lowest BCUT2D eigenvalue weighted by Gasteiger charge is -2.28. The van der Waals surface area contributed by atoms with Crippen molar-refractivity contribution in [3.8, 4) is 11.3 Å². The molecule has 0 bridgehead atoms. The fourth-order valence-corrected chi connectivity index (χ4v) is 3.34. The number of nitrogens with zero attached hydrogens (tertiary/aromatic N) is 3. The summed E-state index contributed by atoms with van der Waals surface area (Å²) in [4.78, 5) is 36.7. The first-order chi connectivity index (χ1) is 15.2. The van der Waals surface area contributed by atoms with Gasteiger partial charge in [0.1, 0.15) is 17.2 Å². The monoisotopic (exact) mass is 438 g/mol. The molecular weight excluding hydrogens is 411 g/mol. The number of aromatic nitrogens is 2. The zero-order valence-corrected chi connectivity index (χ0v) is 18.9. The van der Waals surface area contributed by atoms with Crippen LogP contribution in [-0.2, 0) is 4.74 Å². The van der Waals surface area contributed by atoms with E-state index < -0.39 is 23.4 Å². The lowest BCUT2D eigenvalue weighted by atomic mass is 9.98. The van der Waals surface area contributed by atoms with Crippen LogP contribution in [0.3, 0.4) is 0 Å². The molecule has 1 aromatic carbocycles. The molecule has 3 rings (SSSR count). The molecule has 8 heteroatoms. The van der Waals surface area contributed by atoms with Crippen LogP contribution in [0.1, 0.15) is 45.0 Å². The van der Waals surface area contributed by atoms with Gasteiger partial charge in [0.2, 0.25) is 0 Å². The van der Waals surface area contributed by atoms with Crippen LogP contribution in [0.25, 0.3) is 22.2 Å². The van der Waals surface area contributed by atoms with Gasteiger partial charge in [0.05, 0.1) is 22.3 Å². The maximum absolute atomic E-state index is 14.2. The molecule has 0 atom stereocenters. The van der Waals surface area contributed by atoms with Gasteiger partial charge in [0.15, 0.2) is 0 Å². The minimum atomic E-state index is -0.724. The van der Waals surface area contributed by atoms with Crippen molar-refractivity contribution in [2.75, 3.05) is 18.0 Å². The fraction of sp³-hybridized carbons (Fsp3) is 0.333. The van der Waals surface area contributed by atoms with Crippen LogP contribution in [0.5, 0.6) is 0 Å². The van der Waals surface area contributed by atoms with Crippen molar-refractivity contribution in [1.82, 2.24) is 15.3 Å². The molecule has 2 heterocycles. The summed E-state index contributed by atoms with van der Waals surface area (Å²) in [5, 5.41) is 3.12. The Morgan fingerprint density at radius 1 is 1.16 bits per heavy atom. The summed E-state index contributed by atoms with van der Waals surface area (Å²) in [6, 6.07) is 9.26. The average Bonchev–Trinajstić information content (AvgIpc) is 2.73. The van der Waals surface area contributed by atoms with Gasteiger partial charge < -0.3 is 10.1 Å². The Labute approximate surface area is 186 Å². The van der Waals surface area contributed by atoms with E-state index in [2.05, 4.69) is 15.3 Å². The largest absolute Gasteiger partial charge is 0.443 e. The molecule has 1 N–H and O–H groups in total. The van der Waals surface area contributed by atoms with Gasteiger partial charge in [0.25, 0.3) is 5.91 Å². The van der Waals surface area contributed by atoms with E-state index in [0.29, 0.717) is 28.7 Å². The molecule has 0 aliphatic heterocycles. The van der Waals surface area contributed by atoms with E-state index in [0.717, 1.165) is 0 Å². The number of nitrogens with one attached hydrogen (secondary N) is 1. The molecule has 2 amide bonds. The van der Waals surface area contributed by atoms with E-state index in [1.807, 2.05) is 0 Å². The Hall–Kier alpha value is -3.55. The summed E-state index contributed by atoms with van der Waals surface area (Å²) in [7, 11) is 0. The second kappa shape index (κ2) is 9.30. The van der Waals surface area contributed by atoms with E-state index >= 15 is 0 Å². The molecule has 0 aliphatic carbocycles. The molecule has 0 saturated carbocycles. The van der Waals surface area contributed by atoms with Gasteiger partial charge in [-0.3, -0.25) is 14.7 Å². The van der Waals surface area contributed by atoms with E-state index in [9.17, 15) is 14.0 Å². The molecule has 0 aliphatic rings. The maximum atomic E-state index is 14.2. The summed E-state index contributed by atoms with van der Waals surface area (Å²) >= 11 is 0. The highest BCUT2D eigenvalue weighted by Gasteiger charge is 2.30. The number of carbonyl (C=O) groups excluding carboxylic acids is 2. The zero-order valence-electron chi connectivity index (χ0n) is 18.9. The predicted molar refractivity (Wildman–Crippen MR) is 122 cm³/mol. The first-order valence-corrected chi connectivity index (χ1v) is 10.5. The number of fused-ring (bicyclic) bond motifs is 1. The first kappa shape index (κ1) is 23.1. The highest BCUT2D eigenvalue weighted by Crippen LogP contribution is 2.37. The maximum Gasteiger partial charge on any atom is 0.416 e. The topological polar surface area (TPSA) is 84.4 Å². The van der Waals surface area contributed by atoms with Gasteiger partial charge in [0, 0.05) is 24.7 Å². The third-order valence-corrected chi connectivity index (χ3v) is 4.60. The van der Waals surface area contributed by atoms with Crippen molar-refractivity contribution in [2.24, 2.45) is 0 Å². The number of rotatable bonds is 5. The van der Waals surface area contributed by atoms with Crippen molar-refractivity contribution in [2.45, 2.75) is 40.2 Å². The summed E-state index contributed by atoms with van der Waals surface area (Å²) in [5.41, 5.74) is 0.626. The summed E-state index contributed by atoms with van der Waals surface area (Å²) in [6.45, 7) is 9.51. The molecule has 3 aromatic rings. The quantitative estimate of drug-likeness (QED) is 0.609. The number of ether oxygens (including phenoxy) is 1. The third-order valence-electron chi connectivity index (χ3n) is 4.60. The number of hydrogen-bond acceptors (Lipinski definition) is 5. The zero-order chi connectivity index (χ0) is 23.5. The number of halogens is 1. The Morgan fingerprint density at radius 2 is 1.91 bits per heavy atom. The van der Waals surface area contributed by atoms with Crippen LogP contribution >= 0.6 is 0 Å². The van der Waals surface area contributed by atoms with Crippen molar-refractivity contribution in [3.63, 3.8) is 0 Å². The number of carbonyl (C=O) groups is 2. The number of hydrogen-bond donors (Lipinski definition) is 1. The second-order valence-electron chi connectivity index (χ2n) is 8.15. The Kier molecular flexibility index (Phi) is 6.72. The lowest BCUT2D eigenvalue weighted by Crippen LogP contribution is -2.38. The van der Waals surface area contributed by atoms with Crippen LogP contribution in [0.4, 0.5) is 15.0 Å². The first-order valence-electron chi connectivity index (χ1n) is 10.5. The summed E-state index contributed by atoms with van der Waals surface area (Å²) in [5.74, 6) is -0.683. The third kappa shape index (κ3) is 4.85. The van der Waals surface area contributed by atoms with Crippen molar-refractivity contribution in [1.29, 1.82) is 0 Å². The molecule has 0 unspecified atom stereocenters. The van der Waals surface area contributed by atoms with Crippen LogP contribution in [0.15, 0.2) is 42.6 Å². The summed E-state index contributed by atoms with van der Waals surface area (Å²) < 4.78 is 19.8. The van der Waals surface area contributed by atoms with Crippen LogP contribution < -0.4 is 10.2 Å². The van der Waals surface area contributed by atoms with Crippen LogP contribution in [0.2, 0.25) is 0 Å². The number of amides is 2. The van der Waals surface area contributed by atoms with E-state index in [1.165, 1.54) is 23.1 Å². The minimum Gasteiger partial charge on any atom is -0.443 e. The van der Waals surface area contributed by atoms with Gasteiger partial charge in [-0.2, -0.15) is 0 Å². The van der Waals surface area contributed by atoms with E-state index in [1.54, 1.807) is 59.0 Å². The van der Waals surface area contributed by atoms with Gasteiger partial charge in [-0.1, -0.05) is 6.07 Å². The van der Waals surface area contributed by atoms with Gasteiger partial charge in [-0.25, -0.2) is 14.2 Å². The number of pyridine rings is 2. The molecule has 32 heavy (non-hydrogen) atoms. The SMILES string of the molecule is CCNC(=O)c1c(-c2ccccn2)c(N(CC)C(=O)OC(C)(C)C)nc2ccc(F)cc12. The molecule has 0 radical (unpaired) electrons. The molecular formula is C24H27FN4O3. The standard InChI is InChI=1S/C24H27FN4O3/c1-6-26-22(30)19-16-14-15(25)11-12-17(16)28-21(20(19)18-10-8-9-13-27-18)29(7-2)23(31)32-24(3,4)5/h8-14H,6-7H2,1-5H3,(H,26,30). The second-order valence-corrected chi connectivity index (χ2v) is 8.15. The van der Waals surface area contributed by atoms with Crippen molar-refractivity contribution < 1.29 is 18.7 Å². The summed E-state index contributed by atoms with van der Waals surface area (Å²) in [6.07, 6.45) is 0.980. The van der Waals surface area contributed by atoms with Crippen LogP contribution in [0, 0.1) is 5.82 Å². The molecule has 0 saturated heterocycles. The fourth-order valence-electron chi connectivity index (χ4n) is 3.34. The Bertz CT molecular complexity index is 1140. The number of benzene rings is 1. The molecule has 2 aromatic heterocycles. The van der Waals surface area contributed by atoms with Gasteiger partial charge in [-0.15, -0.1) is 0 Å². The van der Waals surface area contributed by atoms with Crippen LogP contribution in [-0.4, -0.2) is 40.7 Å². The normalized spacial score (nSPS) is 11.3. The number of anilines is 1. The average molecular weight is 439 g/mol.